The molecule has 0 atom stereocenters. The van der Waals surface area contributed by atoms with Crippen molar-refractivity contribution < 1.29 is 19.5 Å². The third kappa shape index (κ3) is 4.53. The third-order valence-electron chi connectivity index (χ3n) is 6.37. The highest BCUT2D eigenvalue weighted by atomic mass is 16.4. The highest BCUT2D eigenvalue weighted by Gasteiger charge is 2.29. The molecule has 2 amide bonds. The maximum Gasteiger partial charge on any atom is 0.335 e. The molecule has 2 heterocycles. The van der Waals surface area contributed by atoms with Gasteiger partial charge in [-0.15, -0.1) is 0 Å². The predicted molar refractivity (Wildman–Crippen MR) is 135 cm³/mol. The summed E-state index contributed by atoms with van der Waals surface area (Å²) in [5, 5.41) is 15.5. The summed E-state index contributed by atoms with van der Waals surface area (Å²) in [7, 11) is 0. The van der Waals surface area contributed by atoms with Crippen molar-refractivity contribution >= 4 is 40.4 Å². The first-order chi connectivity index (χ1) is 17.0. The van der Waals surface area contributed by atoms with Crippen molar-refractivity contribution in [1.29, 1.82) is 0 Å². The van der Waals surface area contributed by atoms with Gasteiger partial charge >= 0.3 is 5.97 Å². The SMILES string of the molecule is O=C1Nc2cc(C(=O)O)ccc2/C1=C(/Nc1ccc(C(=O)N2CCCCC2)cc1)c1ccccc1. The molecule has 0 aromatic heterocycles. The first kappa shape index (κ1) is 22.4. The Morgan fingerprint density at radius 3 is 2.20 bits per heavy atom. The number of hydrogen-bond donors (Lipinski definition) is 3. The molecule has 7 nitrogen and oxygen atoms in total. The van der Waals surface area contributed by atoms with Gasteiger partial charge in [0.2, 0.25) is 0 Å². The van der Waals surface area contributed by atoms with Gasteiger partial charge in [0.1, 0.15) is 0 Å². The Morgan fingerprint density at radius 1 is 0.829 bits per heavy atom. The molecule has 2 aliphatic heterocycles. The molecule has 0 saturated carbocycles. The van der Waals surface area contributed by atoms with Crippen LogP contribution in [0.15, 0.2) is 72.8 Å². The van der Waals surface area contributed by atoms with E-state index in [1.54, 1.807) is 18.2 Å². The normalized spacial score (nSPS) is 16.3. The Bertz CT molecular complexity index is 1320. The molecule has 1 fully saturated rings. The Kier molecular flexibility index (Phi) is 6.06. The van der Waals surface area contributed by atoms with Gasteiger partial charge in [-0.1, -0.05) is 36.4 Å². The zero-order valence-corrected chi connectivity index (χ0v) is 19.1. The lowest BCUT2D eigenvalue weighted by Gasteiger charge is -2.26. The molecule has 0 bridgehead atoms. The van der Waals surface area contributed by atoms with Crippen molar-refractivity contribution in [3.05, 3.63) is 95.1 Å². The molecule has 0 aliphatic carbocycles. The van der Waals surface area contributed by atoms with Gasteiger partial charge in [0, 0.05) is 29.9 Å². The van der Waals surface area contributed by atoms with E-state index in [4.69, 9.17) is 0 Å². The van der Waals surface area contributed by atoms with Gasteiger partial charge in [-0.25, -0.2) is 4.79 Å². The van der Waals surface area contributed by atoms with Crippen molar-refractivity contribution in [3.8, 4) is 0 Å². The molecular weight excluding hydrogens is 442 g/mol. The number of carbonyl (C=O) groups is 3. The fraction of sp³-hybridized carbons (Fsp3) is 0.179. The number of nitrogens with zero attached hydrogens (tertiary/aromatic N) is 1. The summed E-state index contributed by atoms with van der Waals surface area (Å²) in [6.07, 6.45) is 3.24. The number of hydrogen-bond acceptors (Lipinski definition) is 4. The van der Waals surface area contributed by atoms with Crippen LogP contribution in [0.1, 0.15) is 51.1 Å². The van der Waals surface area contributed by atoms with Crippen molar-refractivity contribution in [2.75, 3.05) is 23.7 Å². The molecule has 1 saturated heterocycles. The van der Waals surface area contributed by atoms with Crippen LogP contribution in [0.5, 0.6) is 0 Å². The van der Waals surface area contributed by atoms with E-state index in [0.717, 1.165) is 43.6 Å². The number of amides is 2. The molecule has 0 spiro atoms. The average molecular weight is 468 g/mol. The summed E-state index contributed by atoms with van der Waals surface area (Å²) in [4.78, 5) is 39.1. The number of benzene rings is 3. The minimum absolute atomic E-state index is 0.0382. The lowest BCUT2D eigenvalue weighted by Crippen LogP contribution is -2.35. The second-order valence-corrected chi connectivity index (χ2v) is 8.69. The third-order valence-corrected chi connectivity index (χ3v) is 6.37. The number of carboxylic acid groups (broad SMARTS) is 1. The van der Waals surface area contributed by atoms with Crippen LogP contribution in [0.2, 0.25) is 0 Å². The van der Waals surface area contributed by atoms with Crippen LogP contribution < -0.4 is 10.6 Å². The lowest BCUT2D eigenvalue weighted by molar-refractivity contribution is -0.110. The van der Waals surface area contributed by atoms with Crippen molar-refractivity contribution in [2.24, 2.45) is 0 Å². The number of aromatic carboxylic acids is 1. The zero-order chi connectivity index (χ0) is 24.4. The van der Waals surface area contributed by atoms with Crippen molar-refractivity contribution in [3.63, 3.8) is 0 Å². The Labute approximate surface area is 203 Å². The largest absolute Gasteiger partial charge is 0.478 e. The van der Waals surface area contributed by atoms with E-state index < -0.39 is 5.97 Å². The monoisotopic (exact) mass is 467 g/mol. The zero-order valence-electron chi connectivity index (χ0n) is 19.1. The molecule has 3 N–H and O–H groups in total. The van der Waals surface area contributed by atoms with Gasteiger partial charge < -0.3 is 20.6 Å². The fourth-order valence-electron chi connectivity index (χ4n) is 4.56. The molecule has 176 valence electrons. The summed E-state index contributed by atoms with van der Waals surface area (Å²) in [6, 6.07) is 21.4. The topological polar surface area (TPSA) is 98.7 Å². The van der Waals surface area contributed by atoms with E-state index >= 15 is 0 Å². The van der Waals surface area contributed by atoms with Crippen molar-refractivity contribution in [1.82, 2.24) is 4.90 Å². The minimum atomic E-state index is -1.06. The predicted octanol–water partition coefficient (Wildman–Crippen LogP) is 4.94. The number of rotatable bonds is 5. The first-order valence-electron chi connectivity index (χ1n) is 11.7. The number of carbonyl (C=O) groups excluding carboxylic acids is 2. The number of nitrogens with one attached hydrogen (secondary N) is 2. The standard InChI is InChI=1S/C28H25N3O4/c32-26-24(22-14-11-20(28(34)35)17-23(22)30-26)25(18-7-3-1-4-8-18)29-21-12-9-19(10-13-21)27(33)31-15-5-2-6-16-31/h1,3-4,7-14,17,29H,2,5-6,15-16H2,(H,30,32)(H,34,35)/b25-24-. The van der Waals surface area contributed by atoms with Crippen LogP contribution >= 0.6 is 0 Å². The molecule has 3 aromatic rings. The van der Waals surface area contributed by atoms with Crippen LogP contribution in [-0.4, -0.2) is 40.9 Å². The molecule has 7 heteroatoms. The minimum Gasteiger partial charge on any atom is -0.478 e. The number of carboxylic acids is 1. The van der Waals surface area contributed by atoms with E-state index in [9.17, 15) is 19.5 Å². The summed E-state index contributed by atoms with van der Waals surface area (Å²) < 4.78 is 0. The lowest BCUT2D eigenvalue weighted by atomic mass is 9.99. The highest BCUT2D eigenvalue weighted by Crippen LogP contribution is 2.38. The first-order valence-corrected chi connectivity index (χ1v) is 11.7. The maximum atomic E-state index is 13.0. The van der Waals surface area contributed by atoms with Gasteiger partial charge in [0.05, 0.1) is 22.5 Å². The van der Waals surface area contributed by atoms with Crippen LogP contribution in [0.4, 0.5) is 11.4 Å². The molecule has 35 heavy (non-hydrogen) atoms. The Balaban J connectivity index is 1.50. The second kappa shape index (κ2) is 9.46. The van der Waals surface area contributed by atoms with Gasteiger partial charge in [0.25, 0.3) is 11.8 Å². The smallest absolute Gasteiger partial charge is 0.335 e. The molecule has 5 rings (SSSR count). The molecule has 0 unspecified atom stereocenters. The second-order valence-electron chi connectivity index (χ2n) is 8.69. The molecule has 2 aliphatic rings. The number of fused-ring (bicyclic) bond motifs is 1. The molecular formula is C28H25N3O4. The van der Waals surface area contributed by atoms with Crippen LogP contribution in [0.25, 0.3) is 11.3 Å². The number of anilines is 2. The molecule has 3 aromatic carbocycles. The van der Waals surface area contributed by atoms with E-state index in [2.05, 4.69) is 10.6 Å². The highest BCUT2D eigenvalue weighted by molar-refractivity contribution is 6.37. The van der Waals surface area contributed by atoms with Gasteiger partial charge in [-0.2, -0.15) is 0 Å². The fourth-order valence-corrected chi connectivity index (χ4v) is 4.56. The van der Waals surface area contributed by atoms with Crippen LogP contribution in [0.3, 0.4) is 0 Å². The Hall–Kier alpha value is -4.39. The number of piperidine rings is 1. The quantitative estimate of drug-likeness (QED) is 0.462. The average Bonchev–Trinajstić information content (AvgIpc) is 3.23. The maximum absolute atomic E-state index is 13.0. The van der Waals surface area contributed by atoms with Gasteiger partial charge in [0.15, 0.2) is 0 Å². The summed E-state index contributed by atoms with van der Waals surface area (Å²) in [6.45, 7) is 1.59. The molecule has 0 radical (unpaired) electrons. The van der Waals surface area contributed by atoms with Gasteiger partial charge in [-0.3, -0.25) is 9.59 Å². The van der Waals surface area contributed by atoms with E-state index in [-0.39, 0.29) is 17.4 Å². The summed E-state index contributed by atoms with van der Waals surface area (Å²) in [5.74, 6) is -1.33. The number of likely N-dealkylation sites (tertiary alicyclic amines) is 1. The van der Waals surface area contributed by atoms with Crippen LogP contribution in [0, 0.1) is 0 Å². The Morgan fingerprint density at radius 2 is 1.51 bits per heavy atom. The summed E-state index contributed by atoms with van der Waals surface area (Å²) >= 11 is 0. The van der Waals surface area contributed by atoms with E-state index in [1.807, 2.05) is 47.4 Å². The summed E-state index contributed by atoms with van der Waals surface area (Å²) in [5.41, 5.74) is 4.39. The van der Waals surface area contributed by atoms with E-state index in [1.165, 1.54) is 12.1 Å². The van der Waals surface area contributed by atoms with Gasteiger partial charge in [-0.05, 0) is 61.2 Å². The van der Waals surface area contributed by atoms with E-state index in [0.29, 0.717) is 28.1 Å². The van der Waals surface area contributed by atoms with Crippen LogP contribution in [-0.2, 0) is 4.79 Å². The van der Waals surface area contributed by atoms with Crippen molar-refractivity contribution in [2.45, 2.75) is 19.3 Å².